The van der Waals surface area contributed by atoms with Crippen LogP contribution in [0.4, 0.5) is 0 Å². The van der Waals surface area contributed by atoms with E-state index in [1.54, 1.807) is 18.2 Å². The van der Waals surface area contributed by atoms with E-state index < -0.39 is 22.0 Å². The molecule has 7 nitrogen and oxygen atoms in total. The molecule has 1 amide bonds. The van der Waals surface area contributed by atoms with Crippen molar-refractivity contribution in [2.45, 2.75) is 23.8 Å². The summed E-state index contributed by atoms with van der Waals surface area (Å²) in [5.41, 5.74) is 0.293. The van der Waals surface area contributed by atoms with Crippen molar-refractivity contribution in [3.8, 4) is 5.75 Å². The number of halogens is 2. The summed E-state index contributed by atoms with van der Waals surface area (Å²) < 4.78 is 31.9. The first-order chi connectivity index (χ1) is 14.3. The predicted octanol–water partition coefficient (Wildman–Crippen LogP) is 2.95. The van der Waals surface area contributed by atoms with E-state index in [4.69, 9.17) is 27.9 Å². The number of hydrogen-bond acceptors (Lipinski definition) is 5. The number of sulfonamides is 1. The Hall–Kier alpha value is -1.84. The molecule has 1 aliphatic rings. The van der Waals surface area contributed by atoms with Gasteiger partial charge in [0, 0.05) is 25.2 Å². The zero-order valence-corrected chi connectivity index (χ0v) is 18.4. The molecule has 1 unspecified atom stereocenters. The van der Waals surface area contributed by atoms with Crippen molar-refractivity contribution in [1.29, 1.82) is 0 Å². The van der Waals surface area contributed by atoms with Gasteiger partial charge in [0.1, 0.15) is 23.5 Å². The summed E-state index contributed by atoms with van der Waals surface area (Å²) in [6, 6.07) is 10.7. The molecule has 30 heavy (non-hydrogen) atoms. The van der Waals surface area contributed by atoms with Gasteiger partial charge in [0.25, 0.3) is 5.91 Å². The fraction of sp³-hybridized carbons (Fsp3) is 0.350. The lowest BCUT2D eigenvalue weighted by Crippen LogP contribution is -2.35. The van der Waals surface area contributed by atoms with Crippen molar-refractivity contribution in [3.05, 3.63) is 58.1 Å². The van der Waals surface area contributed by atoms with Crippen LogP contribution >= 0.6 is 23.2 Å². The number of nitrogens with one attached hydrogen (secondary N) is 1. The Bertz CT molecular complexity index is 993. The second kappa shape index (κ2) is 9.98. The third-order valence-corrected chi connectivity index (χ3v) is 7.38. The topological polar surface area (TPSA) is 95.9 Å². The van der Waals surface area contributed by atoms with Crippen molar-refractivity contribution in [2.75, 3.05) is 26.2 Å². The number of carbonyl (C=O) groups excluding carboxylic acids is 1. The van der Waals surface area contributed by atoms with E-state index in [2.05, 4.69) is 5.32 Å². The number of aliphatic hydroxyl groups is 1. The zero-order valence-electron chi connectivity index (χ0n) is 16.1. The van der Waals surface area contributed by atoms with Crippen molar-refractivity contribution in [2.24, 2.45) is 0 Å². The van der Waals surface area contributed by atoms with Crippen LogP contribution in [0, 0.1) is 0 Å². The second-order valence-corrected chi connectivity index (χ2v) is 9.59. The molecular weight excluding hydrogens is 451 g/mol. The number of hydrogen-bond donors (Lipinski definition) is 2. The third-order valence-electron chi connectivity index (χ3n) is 4.66. The molecule has 10 heteroatoms. The number of amides is 1. The molecule has 1 saturated heterocycles. The standard InChI is InChI=1S/C20H22Cl2N2O5S/c21-17-4-3-5-18(19(17)22)29-13-15(25)12-23-20(26)14-6-8-16(9-7-14)30(27,28)24-10-1-2-11-24/h3-9,15,25H,1-2,10-13H2,(H,23,26). The van der Waals surface area contributed by atoms with Crippen molar-refractivity contribution < 1.29 is 23.1 Å². The number of rotatable bonds is 8. The van der Waals surface area contributed by atoms with Gasteiger partial charge in [-0.2, -0.15) is 4.31 Å². The number of benzene rings is 2. The minimum Gasteiger partial charge on any atom is -0.489 e. The van der Waals surface area contributed by atoms with E-state index in [1.165, 1.54) is 28.6 Å². The molecule has 2 N–H and O–H groups in total. The quantitative estimate of drug-likeness (QED) is 0.615. The summed E-state index contributed by atoms with van der Waals surface area (Å²) in [4.78, 5) is 12.4. The van der Waals surface area contributed by atoms with E-state index in [1.807, 2.05) is 0 Å². The molecule has 162 valence electrons. The SMILES string of the molecule is O=C(NCC(O)COc1cccc(Cl)c1Cl)c1ccc(S(=O)(=O)N2CCCC2)cc1. The highest BCUT2D eigenvalue weighted by atomic mass is 35.5. The average molecular weight is 473 g/mol. The molecule has 3 rings (SSSR count). The molecule has 1 fully saturated rings. The largest absolute Gasteiger partial charge is 0.489 e. The van der Waals surface area contributed by atoms with Gasteiger partial charge < -0.3 is 15.2 Å². The molecule has 2 aromatic carbocycles. The summed E-state index contributed by atoms with van der Waals surface area (Å²) in [6.07, 6.45) is 0.740. The lowest BCUT2D eigenvalue weighted by atomic mass is 10.2. The summed E-state index contributed by atoms with van der Waals surface area (Å²) in [7, 11) is -3.52. The Labute approximate surface area is 185 Å². The molecule has 2 aromatic rings. The van der Waals surface area contributed by atoms with Crippen LogP contribution in [0.5, 0.6) is 5.75 Å². The van der Waals surface area contributed by atoms with E-state index in [-0.39, 0.29) is 23.1 Å². The number of aliphatic hydroxyl groups excluding tert-OH is 1. The maximum absolute atomic E-state index is 12.5. The van der Waals surface area contributed by atoms with Crippen molar-refractivity contribution in [1.82, 2.24) is 9.62 Å². The van der Waals surface area contributed by atoms with Crippen LogP contribution in [-0.2, 0) is 10.0 Å². The van der Waals surface area contributed by atoms with E-state index >= 15 is 0 Å². The van der Waals surface area contributed by atoms with Crippen LogP contribution in [0.3, 0.4) is 0 Å². The van der Waals surface area contributed by atoms with E-state index in [0.29, 0.717) is 29.4 Å². The summed E-state index contributed by atoms with van der Waals surface area (Å²) in [5.74, 6) is -0.0932. The van der Waals surface area contributed by atoms with Gasteiger partial charge in [0.2, 0.25) is 10.0 Å². The third kappa shape index (κ3) is 5.44. The minimum atomic E-state index is -3.52. The first-order valence-electron chi connectivity index (χ1n) is 9.42. The van der Waals surface area contributed by atoms with Crippen LogP contribution in [-0.4, -0.2) is 56.1 Å². The Balaban J connectivity index is 1.51. The molecular formula is C20H22Cl2N2O5S. The van der Waals surface area contributed by atoms with Gasteiger partial charge in [0.15, 0.2) is 0 Å². The van der Waals surface area contributed by atoms with Crippen LogP contribution in [0.2, 0.25) is 10.0 Å². The lowest BCUT2D eigenvalue weighted by molar-refractivity contribution is 0.0844. The summed E-state index contributed by atoms with van der Waals surface area (Å²) >= 11 is 11.9. The van der Waals surface area contributed by atoms with Gasteiger partial charge in [-0.1, -0.05) is 29.3 Å². The molecule has 1 aliphatic heterocycles. The molecule has 0 saturated carbocycles. The van der Waals surface area contributed by atoms with Crippen LogP contribution in [0.25, 0.3) is 0 Å². The lowest BCUT2D eigenvalue weighted by Gasteiger charge is -2.16. The molecule has 0 bridgehead atoms. The molecule has 0 aliphatic carbocycles. The van der Waals surface area contributed by atoms with Crippen LogP contribution in [0.1, 0.15) is 23.2 Å². The van der Waals surface area contributed by atoms with Gasteiger partial charge in [-0.05, 0) is 49.2 Å². The first-order valence-corrected chi connectivity index (χ1v) is 11.6. The molecule has 0 radical (unpaired) electrons. The van der Waals surface area contributed by atoms with Gasteiger partial charge >= 0.3 is 0 Å². The van der Waals surface area contributed by atoms with Crippen molar-refractivity contribution in [3.63, 3.8) is 0 Å². The van der Waals surface area contributed by atoms with Gasteiger partial charge in [-0.15, -0.1) is 0 Å². The number of nitrogens with zero attached hydrogens (tertiary/aromatic N) is 1. The zero-order chi connectivity index (χ0) is 21.7. The highest BCUT2D eigenvalue weighted by Gasteiger charge is 2.27. The fourth-order valence-electron chi connectivity index (χ4n) is 3.01. The van der Waals surface area contributed by atoms with Gasteiger partial charge in [0.05, 0.1) is 9.92 Å². The highest BCUT2D eigenvalue weighted by molar-refractivity contribution is 7.89. The second-order valence-electron chi connectivity index (χ2n) is 6.86. The van der Waals surface area contributed by atoms with Gasteiger partial charge in [-0.25, -0.2) is 8.42 Å². The van der Waals surface area contributed by atoms with Gasteiger partial charge in [-0.3, -0.25) is 4.79 Å². The smallest absolute Gasteiger partial charge is 0.251 e. The highest BCUT2D eigenvalue weighted by Crippen LogP contribution is 2.31. The fourth-order valence-corrected chi connectivity index (χ4v) is 4.87. The first kappa shape index (κ1) is 22.8. The molecule has 0 spiro atoms. The Kier molecular flexibility index (Phi) is 7.60. The van der Waals surface area contributed by atoms with E-state index in [9.17, 15) is 18.3 Å². The normalized spacial score (nSPS) is 15.7. The number of carbonyl (C=O) groups is 1. The van der Waals surface area contributed by atoms with Crippen LogP contribution < -0.4 is 10.1 Å². The molecule has 0 aromatic heterocycles. The molecule has 1 heterocycles. The molecule has 1 atom stereocenters. The summed E-state index contributed by atoms with van der Waals surface area (Å²) in [6.45, 7) is 0.897. The predicted molar refractivity (Wildman–Crippen MR) is 115 cm³/mol. The number of ether oxygens (including phenoxy) is 1. The van der Waals surface area contributed by atoms with Crippen molar-refractivity contribution >= 4 is 39.1 Å². The Morgan fingerprint density at radius 2 is 1.80 bits per heavy atom. The minimum absolute atomic E-state index is 0.0507. The monoisotopic (exact) mass is 472 g/mol. The van der Waals surface area contributed by atoms with Crippen LogP contribution in [0.15, 0.2) is 47.4 Å². The summed E-state index contributed by atoms with van der Waals surface area (Å²) in [5, 5.41) is 13.2. The Morgan fingerprint density at radius 1 is 1.13 bits per heavy atom. The van der Waals surface area contributed by atoms with E-state index in [0.717, 1.165) is 12.8 Å². The Morgan fingerprint density at radius 3 is 2.47 bits per heavy atom. The maximum Gasteiger partial charge on any atom is 0.251 e. The maximum atomic E-state index is 12.5. The average Bonchev–Trinajstić information content (AvgIpc) is 3.29.